The van der Waals surface area contributed by atoms with E-state index < -0.39 is 0 Å². The van der Waals surface area contributed by atoms with E-state index in [-0.39, 0.29) is 12.6 Å². The third-order valence-corrected chi connectivity index (χ3v) is 3.15. The Hall–Kier alpha value is -1.66. The van der Waals surface area contributed by atoms with Crippen molar-refractivity contribution in [2.75, 3.05) is 25.6 Å². The Kier molecular flexibility index (Phi) is 4.11. The topological polar surface area (TPSA) is 74.4 Å². The maximum atomic E-state index is 11.7. The molecule has 1 aromatic heterocycles. The van der Waals surface area contributed by atoms with Gasteiger partial charge in [-0.25, -0.2) is 9.78 Å². The number of nitrogen functional groups attached to an aromatic ring is 1. The van der Waals surface area contributed by atoms with Crippen molar-refractivity contribution in [1.82, 2.24) is 4.98 Å². The summed E-state index contributed by atoms with van der Waals surface area (Å²) < 4.78 is 11.0. The van der Waals surface area contributed by atoms with Gasteiger partial charge in [-0.3, -0.25) is 0 Å². The second kappa shape index (κ2) is 5.79. The minimum atomic E-state index is -0.358. The van der Waals surface area contributed by atoms with Crippen LogP contribution in [0.1, 0.15) is 17.3 Å². The number of nitrogens with zero attached hydrogens (tertiary/aromatic N) is 1. The zero-order valence-electron chi connectivity index (χ0n) is 10.0. The van der Waals surface area contributed by atoms with E-state index in [0.29, 0.717) is 23.9 Å². The fraction of sp³-hybridized carbons (Fsp3) is 0.333. The number of esters is 1. The highest BCUT2D eigenvalue weighted by Gasteiger charge is 2.09. The number of carbonyl (C=O) groups excluding carboxylic acids is 1. The Labute approximate surface area is 109 Å². The van der Waals surface area contributed by atoms with E-state index >= 15 is 0 Å². The molecule has 2 N–H and O–H groups in total. The largest absolute Gasteiger partial charge is 0.460 e. The van der Waals surface area contributed by atoms with Crippen LogP contribution in [0.5, 0.6) is 0 Å². The lowest BCUT2D eigenvalue weighted by Gasteiger charge is -2.04. The van der Waals surface area contributed by atoms with Crippen LogP contribution >= 0.6 is 11.3 Å². The lowest BCUT2D eigenvalue weighted by molar-refractivity contribution is 0.0335. The predicted octanol–water partition coefficient (Wildman–Crippen LogP) is 2.07. The lowest BCUT2D eigenvalue weighted by Crippen LogP contribution is -2.10. The van der Waals surface area contributed by atoms with Crippen LogP contribution in [0.3, 0.4) is 0 Å². The molecular formula is C12H14N2O3S. The van der Waals surface area contributed by atoms with Gasteiger partial charge in [0.2, 0.25) is 0 Å². The molecule has 0 bridgehead atoms. The van der Waals surface area contributed by atoms with Crippen LogP contribution in [-0.4, -0.2) is 30.8 Å². The van der Waals surface area contributed by atoms with Crippen molar-refractivity contribution in [2.45, 2.75) is 6.92 Å². The Morgan fingerprint density at radius 1 is 1.44 bits per heavy atom. The Morgan fingerprint density at radius 3 is 3.06 bits per heavy atom. The summed E-state index contributed by atoms with van der Waals surface area (Å²) in [5, 5.41) is 0.492. The molecule has 0 amide bonds. The number of carbonyl (C=O) groups is 1. The number of hydrogen-bond acceptors (Lipinski definition) is 6. The molecule has 0 aliphatic carbocycles. The van der Waals surface area contributed by atoms with E-state index in [1.165, 1.54) is 11.3 Å². The number of fused-ring (bicyclic) bond motifs is 1. The highest BCUT2D eigenvalue weighted by atomic mass is 32.1. The van der Waals surface area contributed by atoms with Crippen LogP contribution in [0.4, 0.5) is 5.13 Å². The summed E-state index contributed by atoms with van der Waals surface area (Å²) in [5.74, 6) is -0.358. The number of thiazole rings is 1. The minimum Gasteiger partial charge on any atom is -0.460 e. The van der Waals surface area contributed by atoms with Gasteiger partial charge in [0.1, 0.15) is 6.61 Å². The van der Waals surface area contributed by atoms with Crippen LogP contribution in [0, 0.1) is 0 Å². The zero-order chi connectivity index (χ0) is 13.0. The van der Waals surface area contributed by atoms with Gasteiger partial charge in [0.25, 0.3) is 0 Å². The van der Waals surface area contributed by atoms with Crippen molar-refractivity contribution in [3.05, 3.63) is 23.8 Å². The van der Waals surface area contributed by atoms with Gasteiger partial charge in [-0.1, -0.05) is 11.3 Å². The molecule has 0 saturated heterocycles. The van der Waals surface area contributed by atoms with Gasteiger partial charge in [-0.05, 0) is 25.1 Å². The SMILES string of the molecule is CCOCCOC(=O)c1ccc2nc(N)sc2c1. The van der Waals surface area contributed by atoms with Gasteiger partial charge >= 0.3 is 5.97 Å². The van der Waals surface area contributed by atoms with E-state index in [0.717, 1.165) is 10.2 Å². The number of benzene rings is 1. The molecule has 5 nitrogen and oxygen atoms in total. The molecule has 96 valence electrons. The molecule has 0 aliphatic heterocycles. The molecule has 18 heavy (non-hydrogen) atoms. The molecule has 1 heterocycles. The molecule has 0 spiro atoms. The van der Waals surface area contributed by atoms with Crippen molar-refractivity contribution >= 4 is 32.7 Å². The fourth-order valence-electron chi connectivity index (χ4n) is 1.49. The van der Waals surface area contributed by atoms with E-state index in [1.54, 1.807) is 18.2 Å². The van der Waals surface area contributed by atoms with E-state index in [2.05, 4.69) is 4.98 Å². The van der Waals surface area contributed by atoms with Gasteiger partial charge in [0, 0.05) is 6.61 Å². The second-order valence-electron chi connectivity index (χ2n) is 3.57. The van der Waals surface area contributed by atoms with E-state index in [1.807, 2.05) is 6.92 Å². The van der Waals surface area contributed by atoms with E-state index in [9.17, 15) is 4.79 Å². The molecule has 2 rings (SSSR count). The summed E-state index contributed by atoms with van der Waals surface area (Å²) in [6, 6.07) is 5.19. The third kappa shape index (κ3) is 2.96. The quantitative estimate of drug-likeness (QED) is 0.662. The first kappa shape index (κ1) is 12.8. The van der Waals surface area contributed by atoms with Crippen molar-refractivity contribution in [2.24, 2.45) is 0 Å². The summed E-state index contributed by atoms with van der Waals surface area (Å²) in [5.41, 5.74) is 6.90. The van der Waals surface area contributed by atoms with Gasteiger partial charge in [-0.2, -0.15) is 0 Å². The van der Waals surface area contributed by atoms with Crippen LogP contribution in [0.15, 0.2) is 18.2 Å². The van der Waals surface area contributed by atoms with E-state index in [4.69, 9.17) is 15.2 Å². The van der Waals surface area contributed by atoms with Crippen molar-refractivity contribution in [3.8, 4) is 0 Å². The minimum absolute atomic E-state index is 0.259. The highest BCUT2D eigenvalue weighted by molar-refractivity contribution is 7.22. The highest BCUT2D eigenvalue weighted by Crippen LogP contribution is 2.24. The first-order valence-electron chi connectivity index (χ1n) is 5.61. The average molecular weight is 266 g/mol. The maximum Gasteiger partial charge on any atom is 0.338 e. The molecule has 0 atom stereocenters. The molecule has 0 unspecified atom stereocenters. The molecule has 6 heteroatoms. The number of nitrogens with two attached hydrogens (primary N) is 1. The first-order chi connectivity index (χ1) is 8.70. The molecule has 0 aliphatic rings. The number of anilines is 1. The summed E-state index contributed by atoms with van der Waals surface area (Å²) in [4.78, 5) is 15.9. The van der Waals surface area contributed by atoms with Crippen molar-refractivity contribution in [1.29, 1.82) is 0 Å². The van der Waals surface area contributed by atoms with Crippen molar-refractivity contribution < 1.29 is 14.3 Å². The number of hydrogen-bond donors (Lipinski definition) is 1. The number of ether oxygens (including phenoxy) is 2. The maximum absolute atomic E-state index is 11.7. The van der Waals surface area contributed by atoms with Gasteiger partial charge < -0.3 is 15.2 Å². The number of rotatable bonds is 5. The van der Waals surface area contributed by atoms with Gasteiger partial charge in [0.05, 0.1) is 22.4 Å². The van der Waals surface area contributed by atoms with Crippen LogP contribution in [0.2, 0.25) is 0 Å². The van der Waals surface area contributed by atoms with Gasteiger partial charge in [-0.15, -0.1) is 0 Å². The Bertz CT molecular complexity index is 553. The Morgan fingerprint density at radius 2 is 2.28 bits per heavy atom. The zero-order valence-corrected chi connectivity index (χ0v) is 10.8. The smallest absolute Gasteiger partial charge is 0.338 e. The third-order valence-electron chi connectivity index (χ3n) is 2.31. The summed E-state index contributed by atoms with van der Waals surface area (Å²) in [6.45, 7) is 3.18. The molecule has 1 aromatic carbocycles. The summed E-state index contributed by atoms with van der Waals surface area (Å²) in [7, 11) is 0. The van der Waals surface area contributed by atoms with Crippen LogP contribution < -0.4 is 5.73 Å². The van der Waals surface area contributed by atoms with Gasteiger partial charge in [0.15, 0.2) is 5.13 Å². The molecule has 0 fully saturated rings. The summed E-state index contributed by atoms with van der Waals surface area (Å²) >= 11 is 1.35. The second-order valence-corrected chi connectivity index (χ2v) is 4.63. The first-order valence-corrected chi connectivity index (χ1v) is 6.43. The predicted molar refractivity (Wildman–Crippen MR) is 70.8 cm³/mol. The summed E-state index contributed by atoms with van der Waals surface area (Å²) in [6.07, 6.45) is 0. The fourth-order valence-corrected chi connectivity index (χ4v) is 2.26. The normalized spacial score (nSPS) is 10.7. The Balaban J connectivity index is 2.03. The average Bonchev–Trinajstić information content (AvgIpc) is 2.73. The van der Waals surface area contributed by atoms with Crippen LogP contribution in [0.25, 0.3) is 10.2 Å². The standard InChI is InChI=1S/C12H14N2O3S/c1-2-16-5-6-17-11(15)8-3-4-9-10(7-8)18-12(13)14-9/h3-4,7H,2,5-6H2,1H3,(H2,13,14). The molecule has 0 radical (unpaired) electrons. The monoisotopic (exact) mass is 266 g/mol. The van der Waals surface area contributed by atoms with Crippen LogP contribution in [-0.2, 0) is 9.47 Å². The molecular weight excluding hydrogens is 252 g/mol. The lowest BCUT2D eigenvalue weighted by atomic mass is 10.2. The molecule has 0 saturated carbocycles. The molecule has 2 aromatic rings. The number of aromatic nitrogens is 1. The van der Waals surface area contributed by atoms with Crippen molar-refractivity contribution in [3.63, 3.8) is 0 Å².